The lowest BCUT2D eigenvalue weighted by Crippen LogP contribution is -2.37. The number of aryl methyl sites for hydroxylation is 1. The molecule has 0 bridgehead atoms. The van der Waals surface area contributed by atoms with Gasteiger partial charge >= 0.3 is 0 Å². The SMILES string of the molecule is Cc1cc(C(=O)N2CCC[C@H]2CO)ccc1O. The number of aliphatic hydroxyl groups is 1. The number of hydrogen-bond donors (Lipinski definition) is 2. The Bertz CT molecular complexity index is 431. The Hall–Kier alpha value is -1.55. The van der Waals surface area contributed by atoms with Crippen LogP contribution in [0.15, 0.2) is 18.2 Å². The fourth-order valence-electron chi connectivity index (χ4n) is 2.25. The molecule has 2 N–H and O–H groups in total. The summed E-state index contributed by atoms with van der Waals surface area (Å²) in [6.07, 6.45) is 1.80. The number of aliphatic hydroxyl groups excluding tert-OH is 1. The first-order chi connectivity index (χ1) is 8.13. The lowest BCUT2D eigenvalue weighted by Gasteiger charge is -2.23. The van der Waals surface area contributed by atoms with Gasteiger partial charge in [0.25, 0.3) is 5.91 Å². The molecule has 2 rings (SSSR count). The predicted octanol–water partition coefficient (Wildman–Crippen LogP) is 1.30. The molecule has 17 heavy (non-hydrogen) atoms. The summed E-state index contributed by atoms with van der Waals surface area (Å²) in [7, 11) is 0. The number of hydrogen-bond acceptors (Lipinski definition) is 3. The van der Waals surface area contributed by atoms with Crippen LogP contribution in [0.5, 0.6) is 5.75 Å². The number of carbonyl (C=O) groups is 1. The van der Waals surface area contributed by atoms with E-state index in [1.165, 1.54) is 6.07 Å². The Morgan fingerprint density at radius 1 is 1.53 bits per heavy atom. The van der Waals surface area contributed by atoms with E-state index in [-0.39, 0.29) is 24.3 Å². The Balaban J connectivity index is 2.21. The molecule has 0 aliphatic carbocycles. The zero-order valence-corrected chi connectivity index (χ0v) is 9.89. The summed E-state index contributed by atoms with van der Waals surface area (Å²) in [6, 6.07) is 4.78. The molecule has 1 heterocycles. The number of phenolic OH excluding ortho intramolecular Hbond substituents is 1. The average molecular weight is 235 g/mol. The highest BCUT2D eigenvalue weighted by Crippen LogP contribution is 2.22. The van der Waals surface area contributed by atoms with E-state index in [1.807, 2.05) is 0 Å². The van der Waals surface area contributed by atoms with Gasteiger partial charge in [-0.15, -0.1) is 0 Å². The fraction of sp³-hybridized carbons (Fsp3) is 0.462. The van der Waals surface area contributed by atoms with Crippen molar-refractivity contribution in [1.29, 1.82) is 0 Å². The van der Waals surface area contributed by atoms with Crippen LogP contribution < -0.4 is 0 Å². The summed E-state index contributed by atoms with van der Waals surface area (Å²) in [6.45, 7) is 2.48. The number of rotatable bonds is 2. The molecule has 0 saturated carbocycles. The normalized spacial score (nSPS) is 19.6. The number of benzene rings is 1. The molecule has 0 radical (unpaired) electrons. The maximum Gasteiger partial charge on any atom is 0.254 e. The highest BCUT2D eigenvalue weighted by atomic mass is 16.3. The maximum atomic E-state index is 12.2. The minimum absolute atomic E-state index is 0.0167. The van der Waals surface area contributed by atoms with Crippen molar-refractivity contribution in [2.45, 2.75) is 25.8 Å². The standard InChI is InChI=1S/C13H17NO3/c1-9-7-10(4-5-12(9)16)13(17)14-6-2-3-11(14)8-15/h4-5,7,11,15-16H,2-3,6,8H2,1H3/t11-/m0/s1. The zero-order valence-electron chi connectivity index (χ0n) is 9.89. The number of carbonyl (C=O) groups excluding carboxylic acids is 1. The minimum atomic E-state index is -0.0651. The molecule has 4 nitrogen and oxygen atoms in total. The second kappa shape index (κ2) is 4.75. The van der Waals surface area contributed by atoms with E-state index in [2.05, 4.69) is 0 Å². The fourth-order valence-corrected chi connectivity index (χ4v) is 2.25. The summed E-state index contributed by atoms with van der Waals surface area (Å²) >= 11 is 0. The van der Waals surface area contributed by atoms with Crippen molar-refractivity contribution in [3.8, 4) is 5.75 Å². The summed E-state index contributed by atoms with van der Waals surface area (Å²) in [4.78, 5) is 13.9. The van der Waals surface area contributed by atoms with Gasteiger partial charge in [-0.25, -0.2) is 0 Å². The first-order valence-electron chi connectivity index (χ1n) is 5.85. The zero-order chi connectivity index (χ0) is 12.4. The van der Waals surface area contributed by atoms with Gasteiger partial charge in [0.1, 0.15) is 5.75 Å². The van der Waals surface area contributed by atoms with Crippen LogP contribution in [0.4, 0.5) is 0 Å². The predicted molar refractivity (Wildman–Crippen MR) is 64.0 cm³/mol. The van der Waals surface area contributed by atoms with Crippen molar-refractivity contribution < 1.29 is 15.0 Å². The lowest BCUT2D eigenvalue weighted by atomic mass is 10.1. The van der Waals surface area contributed by atoms with Gasteiger partial charge in [0.05, 0.1) is 12.6 Å². The van der Waals surface area contributed by atoms with Crippen molar-refractivity contribution in [3.63, 3.8) is 0 Å². The van der Waals surface area contributed by atoms with Gasteiger partial charge in [-0.3, -0.25) is 4.79 Å². The maximum absolute atomic E-state index is 12.2. The monoisotopic (exact) mass is 235 g/mol. The van der Waals surface area contributed by atoms with Crippen LogP contribution in [0, 0.1) is 6.92 Å². The van der Waals surface area contributed by atoms with E-state index < -0.39 is 0 Å². The third-order valence-electron chi connectivity index (χ3n) is 3.29. The summed E-state index contributed by atoms with van der Waals surface area (Å²) in [5.74, 6) is 0.131. The molecular formula is C13H17NO3. The van der Waals surface area contributed by atoms with E-state index in [0.29, 0.717) is 17.7 Å². The van der Waals surface area contributed by atoms with Gasteiger partial charge < -0.3 is 15.1 Å². The van der Waals surface area contributed by atoms with Crippen molar-refractivity contribution in [2.75, 3.05) is 13.2 Å². The Morgan fingerprint density at radius 3 is 2.94 bits per heavy atom. The Kier molecular flexibility index (Phi) is 3.33. The number of amides is 1. The second-order valence-electron chi connectivity index (χ2n) is 4.48. The smallest absolute Gasteiger partial charge is 0.254 e. The van der Waals surface area contributed by atoms with Crippen molar-refractivity contribution in [2.24, 2.45) is 0 Å². The van der Waals surface area contributed by atoms with E-state index in [9.17, 15) is 15.0 Å². The van der Waals surface area contributed by atoms with Gasteiger partial charge in [-0.1, -0.05) is 0 Å². The van der Waals surface area contributed by atoms with E-state index >= 15 is 0 Å². The molecule has 4 heteroatoms. The van der Waals surface area contributed by atoms with Gasteiger partial charge in [-0.2, -0.15) is 0 Å². The van der Waals surface area contributed by atoms with Gasteiger partial charge in [-0.05, 0) is 43.5 Å². The van der Waals surface area contributed by atoms with Crippen LogP contribution in [-0.2, 0) is 0 Å². The summed E-state index contributed by atoms with van der Waals surface area (Å²) in [5, 5.41) is 18.6. The Labute approximate surface area is 100 Å². The van der Waals surface area contributed by atoms with E-state index in [1.54, 1.807) is 24.0 Å². The molecule has 1 aliphatic heterocycles. The van der Waals surface area contributed by atoms with Gasteiger partial charge in [0.2, 0.25) is 0 Å². The summed E-state index contributed by atoms with van der Waals surface area (Å²) in [5.41, 5.74) is 1.26. The van der Waals surface area contributed by atoms with Crippen LogP contribution in [0.1, 0.15) is 28.8 Å². The highest BCUT2D eigenvalue weighted by Gasteiger charge is 2.28. The average Bonchev–Trinajstić information content (AvgIpc) is 2.80. The number of likely N-dealkylation sites (tertiary alicyclic amines) is 1. The van der Waals surface area contributed by atoms with Crippen LogP contribution in [0.2, 0.25) is 0 Å². The minimum Gasteiger partial charge on any atom is -0.508 e. The van der Waals surface area contributed by atoms with Crippen LogP contribution in [-0.4, -0.2) is 40.2 Å². The molecule has 1 aromatic carbocycles. The number of nitrogens with zero attached hydrogens (tertiary/aromatic N) is 1. The molecule has 92 valence electrons. The first kappa shape index (κ1) is 11.9. The first-order valence-corrected chi connectivity index (χ1v) is 5.85. The number of phenols is 1. The quantitative estimate of drug-likeness (QED) is 0.812. The third kappa shape index (κ3) is 2.26. The second-order valence-corrected chi connectivity index (χ2v) is 4.48. The molecule has 0 spiro atoms. The van der Waals surface area contributed by atoms with Crippen molar-refractivity contribution in [1.82, 2.24) is 4.90 Å². The van der Waals surface area contributed by atoms with Crippen molar-refractivity contribution >= 4 is 5.91 Å². The number of aromatic hydroxyl groups is 1. The van der Waals surface area contributed by atoms with Crippen LogP contribution in [0.3, 0.4) is 0 Å². The molecule has 1 atom stereocenters. The topological polar surface area (TPSA) is 60.8 Å². The lowest BCUT2D eigenvalue weighted by molar-refractivity contribution is 0.0677. The molecule has 1 aliphatic rings. The summed E-state index contributed by atoms with van der Waals surface area (Å²) < 4.78 is 0. The molecule has 1 fully saturated rings. The van der Waals surface area contributed by atoms with Crippen LogP contribution >= 0.6 is 0 Å². The van der Waals surface area contributed by atoms with E-state index in [4.69, 9.17) is 0 Å². The van der Waals surface area contributed by atoms with Gasteiger partial charge in [0, 0.05) is 12.1 Å². The van der Waals surface area contributed by atoms with Crippen molar-refractivity contribution in [3.05, 3.63) is 29.3 Å². The third-order valence-corrected chi connectivity index (χ3v) is 3.29. The molecule has 1 saturated heterocycles. The molecular weight excluding hydrogens is 218 g/mol. The Morgan fingerprint density at radius 2 is 2.29 bits per heavy atom. The molecule has 1 aromatic rings. The largest absolute Gasteiger partial charge is 0.508 e. The van der Waals surface area contributed by atoms with E-state index in [0.717, 1.165) is 12.8 Å². The van der Waals surface area contributed by atoms with Gasteiger partial charge in [0.15, 0.2) is 0 Å². The highest BCUT2D eigenvalue weighted by molar-refractivity contribution is 5.95. The molecule has 0 unspecified atom stereocenters. The molecule has 1 amide bonds. The molecule has 0 aromatic heterocycles. The van der Waals surface area contributed by atoms with Crippen LogP contribution in [0.25, 0.3) is 0 Å².